The Morgan fingerprint density at radius 1 is 1.32 bits per heavy atom. The van der Waals surface area contributed by atoms with Crippen LogP contribution in [-0.2, 0) is 6.54 Å². The van der Waals surface area contributed by atoms with Gasteiger partial charge in [-0.25, -0.2) is 4.98 Å². The number of pyridine rings is 1. The number of aromatic nitrogens is 2. The molecular weight excluding hydrogens is 324 g/mol. The molecule has 0 radical (unpaired) electrons. The van der Waals surface area contributed by atoms with Gasteiger partial charge in [-0.1, -0.05) is 6.07 Å². The van der Waals surface area contributed by atoms with Crippen LogP contribution < -0.4 is 10.1 Å². The van der Waals surface area contributed by atoms with Gasteiger partial charge in [0.05, 0.1) is 24.3 Å². The fourth-order valence-corrected chi connectivity index (χ4v) is 2.49. The van der Waals surface area contributed by atoms with Crippen molar-refractivity contribution in [3.05, 3.63) is 69.7 Å². The number of methoxy groups -OCH3 is 1. The summed E-state index contributed by atoms with van der Waals surface area (Å²) in [5, 5.41) is 13.8. The summed E-state index contributed by atoms with van der Waals surface area (Å²) in [5.74, 6) is -0.309. The van der Waals surface area contributed by atoms with Gasteiger partial charge in [0.1, 0.15) is 5.65 Å². The van der Waals surface area contributed by atoms with Gasteiger partial charge in [-0.15, -0.1) is 0 Å². The fourth-order valence-electron chi connectivity index (χ4n) is 2.49. The molecular formula is C17H16N4O4. The number of ether oxygens (including phenoxy) is 1. The van der Waals surface area contributed by atoms with Crippen molar-refractivity contribution in [1.82, 2.24) is 14.7 Å². The third-order valence-electron chi connectivity index (χ3n) is 3.72. The average Bonchev–Trinajstić information content (AvgIpc) is 3.00. The van der Waals surface area contributed by atoms with E-state index in [2.05, 4.69) is 10.3 Å². The monoisotopic (exact) mass is 340 g/mol. The lowest BCUT2D eigenvalue weighted by Gasteiger charge is -2.05. The minimum atomic E-state index is -0.583. The summed E-state index contributed by atoms with van der Waals surface area (Å²) in [5.41, 5.74) is 2.52. The van der Waals surface area contributed by atoms with Crippen molar-refractivity contribution in [1.29, 1.82) is 0 Å². The van der Waals surface area contributed by atoms with E-state index in [1.165, 1.54) is 25.3 Å². The predicted octanol–water partition coefficient (Wildman–Crippen LogP) is 2.49. The van der Waals surface area contributed by atoms with Crippen molar-refractivity contribution in [2.75, 3.05) is 7.11 Å². The van der Waals surface area contributed by atoms with Gasteiger partial charge in [0.2, 0.25) is 0 Å². The highest BCUT2D eigenvalue weighted by Crippen LogP contribution is 2.27. The van der Waals surface area contributed by atoms with Crippen LogP contribution in [0.2, 0.25) is 0 Å². The second kappa shape index (κ2) is 6.60. The number of nitrogens with one attached hydrogen (secondary N) is 1. The Balaban J connectivity index is 1.75. The molecule has 0 aliphatic heterocycles. The molecule has 0 bridgehead atoms. The quantitative estimate of drug-likeness (QED) is 0.568. The average molecular weight is 340 g/mol. The minimum Gasteiger partial charge on any atom is -0.490 e. The maximum absolute atomic E-state index is 12.3. The van der Waals surface area contributed by atoms with E-state index in [0.29, 0.717) is 5.69 Å². The van der Waals surface area contributed by atoms with Crippen molar-refractivity contribution in [3.63, 3.8) is 0 Å². The highest BCUT2D eigenvalue weighted by atomic mass is 16.6. The number of nitrogens with zero attached hydrogens (tertiary/aromatic N) is 3. The number of imidazole rings is 1. The number of nitro benzene ring substituents is 1. The third-order valence-corrected chi connectivity index (χ3v) is 3.72. The van der Waals surface area contributed by atoms with Crippen LogP contribution >= 0.6 is 0 Å². The van der Waals surface area contributed by atoms with E-state index in [4.69, 9.17) is 4.74 Å². The number of aryl methyl sites for hydroxylation is 1. The van der Waals surface area contributed by atoms with E-state index in [9.17, 15) is 14.9 Å². The highest BCUT2D eigenvalue weighted by Gasteiger charge is 2.18. The summed E-state index contributed by atoms with van der Waals surface area (Å²) >= 11 is 0. The summed E-state index contributed by atoms with van der Waals surface area (Å²) in [6, 6.07) is 7.94. The second-order valence-electron chi connectivity index (χ2n) is 5.53. The Morgan fingerprint density at radius 2 is 2.12 bits per heavy atom. The van der Waals surface area contributed by atoms with Crippen molar-refractivity contribution in [2.45, 2.75) is 13.5 Å². The first-order valence-electron chi connectivity index (χ1n) is 7.53. The summed E-state index contributed by atoms with van der Waals surface area (Å²) < 4.78 is 6.81. The molecule has 8 nitrogen and oxygen atoms in total. The van der Waals surface area contributed by atoms with Gasteiger partial charge in [-0.05, 0) is 30.7 Å². The number of carbonyl (C=O) groups excluding carboxylic acids is 1. The Morgan fingerprint density at radius 3 is 2.84 bits per heavy atom. The van der Waals surface area contributed by atoms with Gasteiger partial charge in [0.25, 0.3) is 5.91 Å². The summed E-state index contributed by atoms with van der Waals surface area (Å²) in [4.78, 5) is 27.1. The van der Waals surface area contributed by atoms with Gasteiger partial charge in [-0.3, -0.25) is 14.9 Å². The van der Waals surface area contributed by atoms with E-state index in [1.807, 2.05) is 35.9 Å². The molecule has 3 rings (SSSR count). The fraction of sp³-hybridized carbons (Fsp3) is 0.176. The molecule has 8 heteroatoms. The van der Waals surface area contributed by atoms with Gasteiger partial charge in [0, 0.05) is 24.0 Å². The molecule has 2 heterocycles. The SMILES string of the molecule is COc1ccc(C(=O)NCc2cn3cc(C)ccc3n2)cc1[N+](=O)[O-]. The number of benzene rings is 1. The van der Waals surface area contributed by atoms with Crippen molar-refractivity contribution in [2.24, 2.45) is 0 Å². The van der Waals surface area contributed by atoms with E-state index in [0.717, 1.165) is 11.2 Å². The minimum absolute atomic E-state index is 0.109. The van der Waals surface area contributed by atoms with Crippen LogP contribution in [0.1, 0.15) is 21.6 Å². The molecule has 1 amide bonds. The zero-order valence-corrected chi connectivity index (χ0v) is 13.7. The zero-order valence-electron chi connectivity index (χ0n) is 13.7. The van der Waals surface area contributed by atoms with Gasteiger partial charge in [-0.2, -0.15) is 0 Å². The summed E-state index contributed by atoms with van der Waals surface area (Å²) in [6.07, 6.45) is 3.78. The van der Waals surface area contributed by atoms with Crippen LogP contribution in [-0.4, -0.2) is 27.3 Å². The predicted molar refractivity (Wildman–Crippen MR) is 90.7 cm³/mol. The summed E-state index contributed by atoms with van der Waals surface area (Å²) in [7, 11) is 1.34. The number of hydrogen-bond acceptors (Lipinski definition) is 5. The molecule has 3 aromatic rings. The first-order chi connectivity index (χ1) is 12.0. The Hall–Kier alpha value is -3.42. The molecule has 0 aliphatic carbocycles. The highest BCUT2D eigenvalue weighted by molar-refractivity contribution is 5.95. The molecule has 25 heavy (non-hydrogen) atoms. The lowest BCUT2D eigenvalue weighted by Crippen LogP contribution is -2.23. The lowest BCUT2D eigenvalue weighted by atomic mass is 10.1. The molecule has 0 spiro atoms. The van der Waals surface area contributed by atoms with Gasteiger partial charge < -0.3 is 14.5 Å². The van der Waals surface area contributed by atoms with Crippen LogP contribution in [0.5, 0.6) is 5.75 Å². The number of rotatable bonds is 5. The third kappa shape index (κ3) is 3.42. The Labute approximate surface area is 143 Å². The number of fused-ring (bicyclic) bond motifs is 1. The first-order valence-corrected chi connectivity index (χ1v) is 7.53. The molecule has 0 unspecified atom stereocenters. The van der Waals surface area contributed by atoms with Crippen molar-refractivity contribution < 1.29 is 14.5 Å². The van der Waals surface area contributed by atoms with E-state index in [1.54, 1.807) is 0 Å². The van der Waals surface area contributed by atoms with Crippen LogP contribution in [0.15, 0.2) is 42.7 Å². The largest absolute Gasteiger partial charge is 0.490 e. The van der Waals surface area contributed by atoms with E-state index >= 15 is 0 Å². The first kappa shape index (κ1) is 16.4. The maximum atomic E-state index is 12.3. The molecule has 0 aliphatic rings. The number of carbonyl (C=O) groups is 1. The molecule has 0 saturated carbocycles. The van der Waals surface area contributed by atoms with Crippen LogP contribution in [0.25, 0.3) is 5.65 Å². The number of nitro groups is 1. The smallest absolute Gasteiger partial charge is 0.311 e. The normalized spacial score (nSPS) is 10.6. The molecule has 128 valence electrons. The second-order valence-corrected chi connectivity index (χ2v) is 5.53. The number of hydrogen-bond donors (Lipinski definition) is 1. The van der Waals surface area contributed by atoms with E-state index in [-0.39, 0.29) is 23.5 Å². The molecule has 2 aromatic heterocycles. The van der Waals surface area contributed by atoms with Crippen molar-refractivity contribution in [3.8, 4) is 5.75 Å². The van der Waals surface area contributed by atoms with Crippen molar-refractivity contribution >= 4 is 17.2 Å². The van der Waals surface area contributed by atoms with Gasteiger partial charge in [0.15, 0.2) is 5.75 Å². The lowest BCUT2D eigenvalue weighted by molar-refractivity contribution is -0.385. The van der Waals surface area contributed by atoms with Gasteiger partial charge >= 0.3 is 5.69 Å². The van der Waals surface area contributed by atoms with Crippen LogP contribution in [0.3, 0.4) is 0 Å². The van der Waals surface area contributed by atoms with E-state index < -0.39 is 10.8 Å². The Kier molecular flexibility index (Phi) is 4.34. The summed E-state index contributed by atoms with van der Waals surface area (Å²) in [6.45, 7) is 2.21. The molecule has 0 saturated heterocycles. The molecule has 1 N–H and O–H groups in total. The maximum Gasteiger partial charge on any atom is 0.311 e. The van der Waals surface area contributed by atoms with Crippen LogP contribution in [0, 0.1) is 17.0 Å². The Bertz CT molecular complexity index is 964. The standard InChI is InChI=1S/C17H16N4O4/c1-11-3-6-16-19-13(10-20(16)9-11)8-18-17(22)12-4-5-15(25-2)14(7-12)21(23)24/h3-7,9-10H,8H2,1-2H3,(H,18,22). The molecule has 1 aromatic carbocycles. The van der Waals surface area contributed by atoms with Crippen LogP contribution in [0.4, 0.5) is 5.69 Å². The zero-order chi connectivity index (χ0) is 18.0. The number of amides is 1. The molecule has 0 fully saturated rings. The molecule has 0 atom stereocenters. The topological polar surface area (TPSA) is 98.8 Å².